The quantitative estimate of drug-likeness (QED) is 0.837. The molecule has 2 heterocycles. The summed E-state index contributed by atoms with van der Waals surface area (Å²) in [5.74, 6) is -0.381. The number of rotatable bonds is 5. The minimum absolute atomic E-state index is 0.355. The van der Waals surface area contributed by atoms with Crippen LogP contribution in [0.2, 0.25) is 0 Å². The molecule has 0 aliphatic rings. The number of aromatic nitrogens is 1. The molecule has 2 aromatic rings. The fraction of sp³-hybridized carbons (Fsp3) is 0.273. The molecule has 0 amide bonds. The molecule has 0 aliphatic heterocycles. The smallest absolute Gasteiger partial charge is 0.360 e. The van der Waals surface area contributed by atoms with Gasteiger partial charge in [-0.3, -0.25) is 0 Å². The molecule has 4 nitrogen and oxygen atoms in total. The van der Waals surface area contributed by atoms with Crippen LogP contribution >= 0.6 is 38.6 Å². The van der Waals surface area contributed by atoms with Crippen LogP contribution in [-0.2, 0) is 11.3 Å². The molecular formula is C11H11BrN2O2S2. The number of ether oxygens (including phenoxy) is 1. The summed E-state index contributed by atoms with van der Waals surface area (Å²) in [7, 11) is 0. The highest BCUT2D eigenvalue weighted by atomic mass is 79.9. The van der Waals surface area contributed by atoms with Crippen LogP contribution in [0, 0.1) is 0 Å². The maximum Gasteiger partial charge on any atom is 0.360 e. The Hall–Kier alpha value is -0.920. The average molecular weight is 347 g/mol. The summed E-state index contributed by atoms with van der Waals surface area (Å²) >= 11 is 6.46. The van der Waals surface area contributed by atoms with Crippen LogP contribution < -0.4 is 5.32 Å². The Labute approximate surface area is 121 Å². The van der Waals surface area contributed by atoms with Gasteiger partial charge in [0, 0.05) is 14.7 Å². The van der Waals surface area contributed by atoms with Gasteiger partial charge >= 0.3 is 5.97 Å². The molecule has 0 unspecified atom stereocenters. The second-order valence-corrected chi connectivity index (χ2v) is 6.10. The number of carbonyl (C=O) groups excluding carboxylic acids is 1. The van der Waals surface area contributed by atoms with E-state index in [0.29, 0.717) is 18.8 Å². The van der Waals surface area contributed by atoms with Gasteiger partial charge in [0.1, 0.15) is 5.00 Å². The predicted molar refractivity (Wildman–Crippen MR) is 77.4 cm³/mol. The number of nitrogens with one attached hydrogen (secondary N) is 1. The maximum absolute atomic E-state index is 11.6. The highest BCUT2D eigenvalue weighted by molar-refractivity contribution is 9.10. The van der Waals surface area contributed by atoms with Gasteiger partial charge in [-0.15, -0.1) is 22.7 Å². The lowest BCUT2D eigenvalue weighted by molar-refractivity contribution is 0.0521. The maximum atomic E-state index is 11.6. The average Bonchev–Trinajstić information content (AvgIpc) is 2.95. The first-order valence-electron chi connectivity index (χ1n) is 5.28. The summed E-state index contributed by atoms with van der Waals surface area (Å²) in [6.07, 6.45) is 0. The first kappa shape index (κ1) is 13.5. The van der Waals surface area contributed by atoms with Crippen LogP contribution in [-0.4, -0.2) is 17.6 Å². The molecule has 7 heteroatoms. The lowest BCUT2D eigenvalue weighted by atomic mass is 10.4. The van der Waals surface area contributed by atoms with Gasteiger partial charge in [-0.1, -0.05) is 0 Å². The van der Waals surface area contributed by atoms with E-state index in [-0.39, 0.29) is 5.97 Å². The third-order valence-corrected chi connectivity index (χ3v) is 4.56. The van der Waals surface area contributed by atoms with E-state index in [9.17, 15) is 4.79 Å². The van der Waals surface area contributed by atoms with E-state index < -0.39 is 0 Å². The normalized spacial score (nSPS) is 10.3. The van der Waals surface area contributed by atoms with Crippen LogP contribution in [0.1, 0.15) is 22.3 Å². The summed E-state index contributed by atoms with van der Waals surface area (Å²) < 4.78 is 6.01. The van der Waals surface area contributed by atoms with Gasteiger partial charge in [-0.2, -0.15) is 0 Å². The molecule has 0 radical (unpaired) electrons. The third-order valence-electron chi connectivity index (χ3n) is 2.08. The molecule has 2 rings (SSSR count). The first-order valence-corrected chi connectivity index (χ1v) is 7.83. The number of thiazole rings is 1. The van der Waals surface area contributed by atoms with Crippen LogP contribution in [0.25, 0.3) is 0 Å². The minimum Gasteiger partial charge on any atom is -0.461 e. The number of anilines is 1. The van der Waals surface area contributed by atoms with E-state index in [4.69, 9.17) is 4.74 Å². The van der Waals surface area contributed by atoms with E-state index in [1.54, 1.807) is 23.8 Å². The number of hydrogen-bond acceptors (Lipinski definition) is 6. The molecule has 0 atom stereocenters. The van der Waals surface area contributed by atoms with Crippen molar-refractivity contribution in [3.05, 3.63) is 32.0 Å². The van der Waals surface area contributed by atoms with Crippen LogP contribution in [0.4, 0.5) is 5.00 Å². The van der Waals surface area contributed by atoms with Crippen molar-refractivity contribution in [2.45, 2.75) is 13.5 Å². The number of hydrogen-bond donors (Lipinski definition) is 1. The fourth-order valence-corrected chi connectivity index (χ4v) is 3.39. The zero-order valence-corrected chi connectivity index (χ0v) is 12.8. The monoisotopic (exact) mass is 346 g/mol. The van der Waals surface area contributed by atoms with E-state index in [0.717, 1.165) is 9.47 Å². The van der Waals surface area contributed by atoms with Crippen molar-refractivity contribution < 1.29 is 9.53 Å². The number of halogens is 1. The Morgan fingerprint density at radius 1 is 1.56 bits per heavy atom. The summed E-state index contributed by atoms with van der Waals surface area (Å²) in [4.78, 5) is 16.8. The molecule has 0 spiro atoms. The number of carbonyl (C=O) groups is 1. The second kappa shape index (κ2) is 6.31. The van der Waals surface area contributed by atoms with E-state index in [2.05, 4.69) is 26.2 Å². The zero-order valence-electron chi connectivity index (χ0n) is 9.60. The molecule has 0 fully saturated rings. The summed E-state index contributed by atoms with van der Waals surface area (Å²) in [5.41, 5.74) is 2.00. The van der Waals surface area contributed by atoms with Gasteiger partial charge in [-0.25, -0.2) is 9.78 Å². The van der Waals surface area contributed by atoms with Gasteiger partial charge < -0.3 is 10.1 Å². The van der Waals surface area contributed by atoms with Gasteiger partial charge in [0.15, 0.2) is 5.69 Å². The topological polar surface area (TPSA) is 51.2 Å². The van der Waals surface area contributed by atoms with E-state index >= 15 is 0 Å². The largest absolute Gasteiger partial charge is 0.461 e. The second-order valence-electron chi connectivity index (χ2n) is 3.34. The molecule has 1 N–H and O–H groups in total. The zero-order chi connectivity index (χ0) is 13.0. The van der Waals surface area contributed by atoms with E-state index in [1.807, 2.05) is 11.4 Å². The van der Waals surface area contributed by atoms with Gasteiger partial charge in [-0.05, 0) is 28.9 Å². The van der Waals surface area contributed by atoms with E-state index in [1.165, 1.54) is 16.2 Å². The van der Waals surface area contributed by atoms with Gasteiger partial charge in [0.25, 0.3) is 0 Å². The molecule has 0 saturated heterocycles. The fourth-order valence-electron chi connectivity index (χ4n) is 1.33. The molecular weight excluding hydrogens is 336 g/mol. The highest BCUT2D eigenvalue weighted by Crippen LogP contribution is 2.24. The number of nitrogens with zero attached hydrogens (tertiary/aromatic N) is 1. The highest BCUT2D eigenvalue weighted by Gasteiger charge is 2.15. The summed E-state index contributed by atoms with van der Waals surface area (Å²) in [6.45, 7) is 2.80. The Morgan fingerprint density at radius 3 is 3.06 bits per heavy atom. The lowest BCUT2D eigenvalue weighted by Gasteiger charge is -2.04. The third kappa shape index (κ3) is 3.30. The Kier molecular flexibility index (Phi) is 4.73. The SMILES string of the molecule is CCOC(=O)c1ncsc1NCc1cc(Br)cs1. The van der Waals surface area contributed by atoms with Gasteiger partial charge in [0.2, 0.25) is 0 Å². The van der Waals surface area contributed by atoms with Crippen LogP contribution in [0.15, 0.2) is 21.4 Å². The molecule has 96 valence electrons. The van der Waals surface area contributed by atoms with Crippen molar-refractivity contribution in [3.8, 4) is 0 Å². The van der Waals surface area contributed by atoms with Crippen molar-refractivity contribution >= 4 is 49.6 Å². The molecule has 0 bridgehead atoms. The van der Waals surface area contributed by atoms with Crippen molar-refractivity contribution in [2.24, 2.45) is 0 Å². The van der Waals surface area contributed by atoms with Gasteiger partial charge in [0.05, 0.1) is 18.7 Å². The molecule has 0 saturated carbocycles. The Balaban J connectivity index is 2.01. The van der Waals surface area contributed by atoms with Crippen molar-refractivity contribution in [1.82, 2.24) is 4.98 Å². The predicted octanol–water partition coefficient (Wildman–Crippen LogP) is 3.76. The van der Waals surface area contributed by atoms with Crippen LogP contribution in [0.5, 0.6) is 0 Å². The Bertz CT molecular complexity index is 539. The van der Waals surface area contributed by atoms with Crippen molar-refractivity contribution in [3.63, 3.8) is 0 Å². The Morgan fingerprint density at radius 2 is 2.39 bits per heavy atom. The van der Waals surface area contributed by atoms with Crippen LogP contribution in [0.3, 0.4) is 0 Å². The summed E-state index contributed by atoms with van der Waals surface area (Å²) in [5, 5.41) is 5.98. The lowest BCUT2D eigenvalue weighted by Crippen LogP contribution is -2.08. The molecule has 0 aliphatic carbocycles. The molecule has 18 heavy (non-hydrogen) atoms. The molecule has 2 aromatic heterocycles. The molecule has 0 aromatic carbocycles. The van der Waals surface area contributed by atoms with Crippen molar-refractivity contribution in [2.75, 3.05) is 11.9 Å². The standard InChI is InChI=1S/C11H11BrN2O2S2/c1-2-16-11(15)9-10(18-6-14-9)13-4-8-3-7(12)5-17-8/h3,5-6,13H,2,4H2,1H3. The number of esters is 1. The summed E-state index contributed by atoms with van der Waals surface area (Å²) in [6, 6.07) is 2.04. The number of thiophene rings is 1. The minimum atomic E-state index is -0.381. The van der Waals surface area contributed by atoms with Crippen molar-refractivity contribution in [1.29, 1.82) is 0 Å². The first-order chi connectivity index (χ1) is 8.70.